The Bertz CT molecular complexity index is 627. The summed E-state index contributed by atoms with van der Waals surface area (Å²) >= 11 is 0. The number of esters is 1. The van der Waals surface area contributed by atoms with Gasteiger partial charge in [-0.15, -0.1) is 0 Å². The fraction of sp³-hybridized carbons (Fsp3) is 0.579. The van der Waals surface area contributed by atoms with Crippen molar-refractivity contribution in [3.63, 3.8) is 0 Å². The van der Waals surface area contributed by atoms with E-state index in [1.54, 1.807) is 6.92 Å². The Labute approximate surface area is 149 Å². The van der Waals surface area contributed by atoms with Crippen molar-refractivity contribution in [2.24, 2.45) is 0 Å². The van der Waals surface area contributed by atoms with Gasteiger partial charge in [0, 0.05) is 6.42 Å². The SMILES string of the molecule is CCCC(C(=O)Nc1c(C)cc(F)cc1C(=O)OC)[N+](C)(CC)CC. The number of benzene rings is 1. The van der Waals surface area contributed by atoms with Gasteiger partial charge in [-0.2, -0.15) is 0 Å². The fourth-order valence-electron chi connectivity index (χ4n) is 3.05. The van der Waals surface area contributed by atoms with Crippen molar-refractivity contribution in [3.05, 3.63) is 29.1 Å². The molecule has 5 nitrogen and oxygen atoms in total. The lowest BCUT2D eigenvalue weighted by Gasteiger charge is -2.39. The Kier molecular flexibility index (Phi) is 7.55. The summed E-state index contributed by atoms with van der Waals surface area (Å²) < 4.78 is 19.0. The summed E-state index contributed by atoms with van der Waals surface area (Å²) in [6.07, 6.45) is 1.61. The Balaban J connectivity index is 3.27. The van der Waals surface area contributed by atoms with E-state index in [0.29, 0.717) is 15.7 Å². The molecule has 1 aromatic carbocycles. The van der Waals surface area contributed by atoms with Gasteiger partial charge in [-0.1, -0.05) is 6.92 Å². The lowest BCUT2D eigenvalue weighted by atomic mass is 10.0. The molecule has 0 spiro atoms. The van der Waals surface area contributed by atoms with Gasteiger partial charge in [0.25, 0.3) is 5.91 Å². The van der Waals surface area contributed by atoms with Crippen molar-refractivity contribution in [2.45, 2.75) is 46.6 Å². The smallest absolute Gasteiger partial charge is 0.340 e. The highest BCUT2D eigenvalue weighted by molar-refractivity contribution is 6.03. The summed E-state index contributed by atoms with van der Waals surface area (Å²) in [6.45, 7) is 9.46. The minimum atomic E-state index is -0.673. The molecule has 0 aliphatic carbocycles. The first kappa shape index (κ1) is 21.1. The number of likely N-dealkylation sites (N-methyl/N-ethyl adjacent to an activating group) is 1. The number of amides is 1. The summed E-state index contributed by atoms with van der Waals surface area (Å²) in [7, 11) is 3.29. The standard InChI is InChI=1S/C19H29FN2O3/c1-7-10-16(22(5,8-2)9-3)18(23)21-17-13(4)11-14(20)12-15(17)19(24)25-6/h11-12,16H,7-10H2,1-6H3/p+1. The van der Waals surface area contributed by atoms with Crippen LogP contribution in [0.25, 0.3) is 0 Å². The Morgan fingerprint density at radius 1 is 1.24 bits per heavy atom. The minimum Gasteiger partial charge on any atom is -0.465 e. The molecule has 1 aromatic rings. The van der Waals surface area contributed by atoms with Crippen LogP contribution in [0.3, 0.4) is 0 Å². The van der Waals surface area contributed by atoms with Gasteiger partial charge in [0.05, 0.1) is 38.5 Å². The largest absolute Gasteiger partial charge is 0.465 e. The molecule has 1 unspecified atom stereocenters. The van der Waals surface area contributed by atoms with E-state index in [2.05, 4.69) is 26.2 Å². The molecule has 25 heavy (non-hydrogen) atoms. The molecular formula is C19H30FN2O3+. The van der Waals surface area contributed by atoms with E-state index in [-0.39, 0.29) is 17.5 Å². The van der Waals surface area contributed by atoms with E-state index < -0.39 is 11.8 Å². The zero-order valence-electron chi connectivity index (χ0n) is 16.1. The fourth-order valence-corrected chi connectivity index (χ4v) is 3.05. The highest BCUT2D eigenvalue weighted by atomic mass is 19.1. The van der Waals surface area contributed by atoms with Gasteiger partial charge >= 0.3 is 5.97 Å². The maximum absolute atomic E-state index is 13.7. The van der Waals surface area contributed by atoms with Crippen LogP contribution in [0.2, 0.25) is 0 Å². The number of aryl methyl sites for hydroxylation is 1. The molecule has 1 N–H and O–H groups in total. The number of ether oxygens (including phenoxy) is 1. The summed E-state index contributed by atoms with van der Waals surface area (Å²) in [5, 5.41) is 2.86. The van der Waals surface area contributed by atoms with E-state index in [4.69, 9.17) is 4.74 Å². The molecule has 1 atom stereocenters. The van der Waals surface area contributed by atoms with E-state index in [9.17, 15) is 14.0 Å². The first-order chi connectivity index (χ1) is 11.7. The van der Waals surface area contributed by atoms with Gasteiger partial charge in [-0.25, -0.2) is 9.18 Å². The Morgan fingerprint density at radius 3 is 2.32 bits per heavy atom. The number of methoxy groups -OCH3 is 1. The van der Waals surface area contributed by atoms with Gasteiger partial charge in [0.2, 0.25) is 0 Å². The molecule has 0 bridgehead atoms. The van der Waals surface area contributed by atoms with Crippen LogP contribution in [0.15, 0.2) is 12.1 Å². The third-order valence-corrected chi connectivity index (χ3v) is 5.02. The van der Waals surface area contributed by atoms with Gasteiger partial charge < -0.3 is 14.5 Å². The predicted octanol–water partition coefficient (Wildman–Crippen LogP) is 3.51. The second-order valence-corrected chi connectivity index (χ2v) is 6.54. The van der Waals surface area contributed by atoms with Gasteiger partial charge in [-0.05, 0) is 44.9 Å². The molecular weight excluding hydrogens is 323 g/mol. The number of hydrogen-bond acceptors (Lipinski definition) is 3. The second kappa shape index (κ2) is 8.94. The lowest BCUT2D eigenvalue weighted by molar-refractivity contribution is -0.921. The molecule has 0 fully saturated rings. The maximum atomic E-state index is 13.7. The number of carbonyl (C=O) groups is 2. The average Bonchev–Trinajstić information content (AvgIpc) is 2.60. The Hall–Kier alpha value is -1.95. The third-order valence-electron chi connectivity index (χ3n) is 5.02. The quantitative estimate of drug-likeness (QED) is 0.575. The molecule has 0 aliphatic rings. The van der Waals surface area contributed by atoms with Gasteiger partial charge in [-0.3, -0.25) is 4.79 Å². The van der Waals surface area contributed by atoms with E-state index in [0.717, 1.165) is 32.0 Å². The number of rotatable bonds is 8. The topological polar surface area (TPSA) is 55.4 Å². The molecule has 6 heteroatoms. The number of carbonyl (C=O) groups excluding carboxylic acids is 2. The molecule has 140 valence electrons. The van der Waals surface area contributed by atoms with Crippen molar-refractivity contribution in [3.8, 4) is 0 Å². The number of nitrogens with zero attached hydrogens (tertiary/aromatic N) is 1. The number of quaternary nitrogens is 1. The highest BCUT2D eigenvalue weighted by Gasteiger charge is 2.35. The van der Waals surface area contributed by atoms with Crippen LogP contribution in [0.5, 0.6) is 0 Å². The van der Waals surface area contributed by atoms with Crippen molar-refractivity contribution >= 4 is 17.6 Å². The highest BCUT2D eigenvalue weighted by Crippen LogP contribution is 2.25. The monoisotopic (exact) mass is 353 g/mol. The Morgan fingerprint density at radius 2 is 1.84 bits per heavy atom. The summed E-state index contributed by atoms with van der Waals surface area (Å²) in [5.41, 5.74) is 0.843. The summed E-state index contributed by atoms with van der Waals surface area (Å²) in [6, 6.07) is 2.15. The van der Waals surface area contributed by atoms with Crippen LogP contribution in [0.1, 0.15) is 49.5 Å². The van der Waals surface area contributed by atoms with Crippen molar-refractivity contribution in [2.75, 3.05) is 32.6 Å². The number of hydrogen-bond donors (Lipinski definition) is 1. The molecule has 1 rings (SSSR count). The minimum absolute atomic E-state index is 0.0331. The lowest BCUT2D eigenvalue weighted by Crippen LogP contribution is -2.57. The summed E-state index contributed by atoms with van der Waals surface area (Å²) in [4.78, 5) is 25.0. The number of anilines is 1. The van der Waals surface area contributed by atoms with Crippen molar-refractivity contribution in [1.82, 2.24) is 0 Å². The molecule has 1 amide bonds. The molecule has 0 radical (unpaired) electrons. The maximum Gasteiger partial charge on any atom is 0.340 e. The van der Waals surface area contributed by atoms with Crippen LogP contribution in [-0.4, -0.2) is 49.6 Å². The normalized spacial score (nSPS) is 12.6. The first-order valence-electron chi connectivity index (χ1n) is 8.77. The molecule has 0 saturated heterocycles. The second-order valence-electron chi connectivity index (χ2n) is 6.54. The van der Waals surface area contributed by atoms with Crippen LogP contribution >= 0.6 is 0 Å². The molecule has 0 aliphatic heterocycles. The zero-order valence-corrected chi connectivity index (χ0v) is 16.1. The zero-order chi connectivity index (χ0) is 19.2. The van der Waals surface area contributed by atoms with Gasteiger partial charge in [0.15, 0.2) is 6.04 Å². The van der Waals surface area contributed by atoms with E-state index in [1.807, 2.05) is 6.92 Å². The first-order valence-corrected chi connectivity index (χ1v) is 8.77. The summed E-state index contributed by atoms with van der Waals surface area (Å²) in [5.74, 6) is -1.37. The third kappa shape index (κ3) is 4.78. The van der Waals surface area contributed by atoms with E-state index in [1.165, 1.54) is 13.2 Å². The van der Waals surface area contributed by atoms with Crippen LogP contribution in [0.4, 0.5) is 10.1 Å². The number of halogens is 1. The predicted molar refractivity (Wildman–Crippen MR) is 97.1 cm³/mol. The van der Waals surface area contributed by atoms with E-state index >= 15 is 0 Å². The molecule has 0 heterocycles. The average molecular weight is 353 g/mol. The molecule has 0 aromatic heterocycles. The van der Waals surface area contributed by atoms with Crippen molar-refractivity contribution in [1.29, 1.82) is 0 Å². The van der Waals surface area contributed by atoms with Crippen LogP contribution < -0.4 is 5.32 Å². The molecule has 0 saturated carbocycles. The van der Waals surface area contributed by atoms with Crippen LogP contribution in [0, 0.1) is 12.7 Å². The van der Waals surface area contributed by atoms with Gasteiger partial charge in [0.1, 0.15) is 5.82 Å². The number of nitrogens with one attached hydrogen (secondary N) is 1. The van der Waals surface area contributed by atoms with Crippen molar-refractivity contribution < 1.29 is 23.2 Å². The van der Waals surface area contributed by atoms with Crippen LogP contribution in [-0.2, 0) is 9.53 Å².